The molecule has 0 aromatic heterocycles. The lowest BCUT2D eigenvalue weighted by atomic mass is 10.1. The van der Waals surface area contributed by atoms with Crippen molar-refractivity contribution in [1.29, 1.82) is 0 Å². The normalized spacial score (nSPS) is 11.8. The molecule has 70 valence electrons. The molecule has 1 rings (SSSR count). The Hall–Kier alpha value is -1.18. The Labute approximate surface area is 76.9 Å². The summed E-state index contributed by atoms with van der Waals surface area (Å²) in [7, 11) is 0. The van der Waals surface area contributed by atoms with Crippen molar-refractivity contribution in [2.75, 3.05) is 0 Å². The second-order valence-corrected chi connectivity index (χ2v) is 2.92. The molecule has 2 heteroatoms. The average molecular weight is 182 g/mol. The summed E-state index contributed by atoms with van der Waals surface area (Å²) in [5.74, 6) is -1.03. The van der Waals surface area contributed by atoms with Gasteiger partial charge in [0.05, 0.1) is 0 Å². The van der Waals surface area contributed by atoms with E-state index in [4.69, 9.17) is 0 Å². The van der Waals surface area contributed by atoms with Crippen molar-refractivity contribution >= 4 is 5.57 Å². The molecule has 0 saturated carbocycles. The number of rotatable bonds is 2. The maximum atomic E-state index is 13.1. The van der Waals surface area contributed by atoms with Crippen LogP contribution in [0.2, 0.25) is 0 Å². The standard InChI is InChI=1S/C11H12F2/c1-3-4-8(2)10-6-5-9(12)7-11(10)13/h4-7H,3H2,1-2H3/b8-4+. The second-order valence-electron chi connectivity index (χ2n) is 2.92. The molecule has 0 spiro atoms. The highest BCUT2D eigenvalue weighted by Gasteiger charge is 2.04. The van der Waals surface area contributed by atoms with E-state index in [-0.39, 0.29) is 0 Å². The molecule has 13 heavy (non-hydrogen) atoms. The Kier molecular flexibility index (Phi) is 3.18. The third-order valence-corrected chi connectivity index (χ3v) is 1.87. The summed E-state index contributed by atoms with van der Waals surface area (Å²) >= 11 is 0. The van der Waals surface area contributed by atoms with E-state index in [9.17, 15) is 8.78 Å². The van der Waals surface area contributed by atoms with Gasteiger partial charge in [-0.1, -0.05) is 13.0 Å². The Balaban J connectivity index is 3.09. The highest BCUT2D eigenvalue weighted by Crippen LogP contribution is 2.18. The first-order valence-corrected chi connectivity index (χ1v) is 4.27. The van der Waals surface area contributed by atoms with E-state index >= 15 is 0 Å². The van der Waals surface area contributed by atoms with Gasteiger partial charge in [-0.05, 0) is 31.1 Å². The van der Waals surface area contributed by atoms with Crippen molar-refractivity contribution < 1.29 is 8.78 Å². The van der Waals surface area contributed by atoms with Crippen LogP contribution < -0.4 is 0 Å². The van der Waals surface area contributed by atoms with Crippen LogP contribution in [0.25, 0.3) is 5.57 Å². The molecule has 0 aliphatic heterocycles. The van der Waals surface area contributed by atoms with Crippen LogP contribution in [-0.4, -0.2) is 0 Å². The molecule has 0 heterocycles. The maximum Gasteiger partial charge on any atom is 0.133 e. The van der Waals surface area contributed by atoms with E-state index in [0.717, 1.165) is 18.1 Å². The molecule has 0 unspecified atom stereocenters. The first-order chi connectivity index (χ1) is 6.15. The number of hydrogen-bond acceptors (Lipinski definition) is 0. The lowest BCUT2D eigenvalue weighted by Crippen LogP contribution is -1.88. The van der Waals surface area contributed by atoms with Crippen molar-refractivity contribution in [2.24, 2.45) is 0 Å². The minimum absolute atomic E-state index is 0.475. The van der Waals surface area contributed by atoms with Gasteiger partial charge in [-0.25, -0.2) is 8.78 Å². The first-order valence-electron chi connectivity index (χ1n) is 4.27. The van der Waals surface area contributed by atoms with Gasteiger partial charge < -0.3 is 0 Å². The third kappa shape index (κ3) is 2.38. The van der Waals surface area contributed by atoms with Crippen molar-refractivity contribution in [3.05, 3.63) is 41.5 Å². The van der Waals surface area contributed by atoms with Gasteiger partial charge in [0.25, 0.3) is 0 Å². The van der Waals surface area contributed by atoms with Crippen LogP contribution in [-0.2, 0) is 0 Å². The minimum atomic E-state index is -0.537. The van der Waals surface area contributed by atoms with Crippen LogP contribution in [0, 0.1) is 11.6 Å². The molecule has 0 N–H and O–H groups in total. The van der Waals surface area contributed by atoms with E-state index in [1.165, 1.54) is 12.1 Å². The molecule has 0 radical (unpaired) electrons. The van der Waals surface area contributed by atoms with Gasteiger partial charge in [0.2, 0.25) is 0 Å². The Bertz CT molecular complexity index is 327. The topological polar surface area (TPSA) is 0 Å². The fourth-order valence-electron chi connectivity index (χ4n) is 1.23. The van der Waals surface area contributed by atoms with Gasteiger partial charge in [-0.2, -0.15) is 0 Å². The molecule has 0 bridgehead atoms. The molecule has 0 nitrogen and oxygen atoms in total. The van der Waals surface area contributed by atoms with E-state index < -0.39 is 11.6 Å². The van der Waals surface area contributed by atoms with Crippen LogP contribution in [0.3, 0.4) is 0 Å². The summed E-state index contributed by atoms with van der Waals surface area (Å²) in [6.45, 7) is 3.80. The first kappa shape index (κ1) is 9.90. The lowest BCUT2D eigenvalue weighted by Gasteiger charge is -2.02. The van der Waals surface area contributed by atoms with Gasteiger partial charge in [-0.3, -0.25) is 0 Å². The quantitative estimate of drug-likeness (QED) is 0.653. The van der Waals surface area contributed by atoms with Crippen LogP contribution in [0.5, 0.6) is 0 Å². The van der Waals surface area contributed by atoms with Gasteiger partial charge >= 0.3 is 0 Å². The summed E-state index contributed by atoms with van der Waals surface area (Å²) in [5.41, 5.74) is 1.32. The molecule has 0 atom stereocenters. The molecule has 0 saturated heterocycles. The fraction of sp³-hybridized carbons (Fsp3) is 0.273. The Morgan fingerprint density at radius 1 is 1.38 bits per heavy atom. The largest absolute Gasteiger partial charge is 0.207 e. The monoisotopic (exact) mass is 182 g/mol. The van der Waals surface area contributed by atoms with Crippen molar-refractivity contribution in [3.8, 4) is 0 Å². The maximum absolute atomic E-state index is 13.1. The molecular formula is C11H12F2. The third-order valence-electron chi connectivity index (χ3n) is 1.87. The predicted octanol–water partition coefficient (Wildman–Crippen LogP) is 3.78. The lowest BCUT2D eigenvalue weighted by molar-refractivity contribution is 0.581. The molecule has 0 aliphatic rings. The zero-order chi connectivity index (χ0) is 9.84. The minimum Gasteiger partial charge on any atom is -0.207 e. The fourth-order valence-corrected chi connectivity index (χ4v) is 1.23. The van der Waals surface area contributed by atoms with Crippen LogP contribution in [0.4, 0.5) is 8.78 Å². The summed E-state index contributed by atoms with van der Waals surface area (Å²) < 4.78 is 25.7. The van der Waals surface area contributed by atoms with Crippen molar-refractivity contribution in [2.45, 2.75) is 20.3 Å². The zero-order valence-corrected chi connectivity index (χ0v) is 7.77. The Morgan fingerprint density at radius 2 is 2.08 bits per heavy atom. The number of halogens is 2. The van der Waals surface area contributed by atoms with E-state index in [2.05, 4.69) is 0 Å². The Morgan fingerprint density at radius 3 is 2.62 bits per heavy atom. The van der Waals surface area contributed by atoms with Crippen molar-refractivity contribution in [1.82, 2.24) is 0 Å². The average Bonchev–Trinajstić information content (AvgIpc) is 2.04. The number of allylic oxidation sites excluding steroid dienone is 2. The van der Waals surface area contributed by atoms with Crippen LogP contribution >= 0.6 is 0 Å². The van der Waals surface area contributed by atoms with Gasteiger partial charge in [0, 0.05) is 11.6 Å². The molecule has 1 aromatic rings. The van der Waals surface area contributed by atoms with Crippen LogP contribution in [0.15, 0.2) is 24.3 Å². The summed E-state index contributed by atoms with van der Waals surface area (Å²) in [6.07, 6.45) is 2.76. The molecule has 0 amide bonds. The van der Waals surface area contributed by atoms with Gasteiger partial charge in [0.1, 0.15) is 11.6 Å². The summed E-state index contributed by atoms with van der Waals surface area (Å²) in [5, 5.41) is 0. The van der Waals surface area contributed by atoms with Gasteiger partial charge in [-0.15, -0.1) is 0 Å². The highest BCUT2D eigenvalue weighted by atomic mass is 19.1. The molecule has 0 aliphatic carbocycles. The van der Waals surface area contributed by atoms with E-state index in [0.29, 0.717) is 5.56 Å². The van der Waals surface area contributed by atoms with E-state index in [1.807, 2.05) is 19.9 Å². The second kappa shape index (κ2) is 4.17. The zero-order valence-electron chi connectivity index (χ0n) is 7.77. The van der Waals surface area contributed by atoms with E-state index in [1.54, 1.807) is 0 Å². The predicted molar refractivity (Wildman–Crippen MR) is 50.3 cm³/mol. The SMILES string of the molecule is CC/C=C(\C)c1ccc(F)cc1F. The molecule has 0 fully saturated rings. The number of benzene rings is 1. The summed E-state index contributed by atoms with van der Waals surface area (Å²) in [4.78, 5) is 0. The highest BCUT2D eigenvalue weighted by molar-refractivity contribution is 5.63. The summed E-state index contributed by atoms with van der Waals surface area (Å²) in [6, 6.07) is 3.64. The molecule has 1 aromatic carbocycles. The van der Waals surface area contributed by atoms with Crippen LogP contribution in [0.1, 0.15) is 25.8 Å². The van der Waals surface area contributed by atoms with Crippen molar-refractivity contribution in [3.63, 3.8) is 0 Å². The smallest absolute Gasteiger partial charge is 0.133 e. The number of hydrogen-bond donors (Lipinski definition) is 0. The molecular weight excluding hydrogens is 170 g/mol. The van der Waals surface area contributed by atoms with Gasteiger partial charge in [0.15, 0.2) is 0 Å².